The van der Waals surface area contributed by atoms with Gasteiger partial charge in [-0.3, -0.25) is 0 Å². The average Bonchev–Trinajstić information content (AvgIpc) is 2.54. The Morgan fingerprint density at radius 2 is 0.676 bits per heavy atom. The number of ether oxygens (including phenoxy) is 1. The number of aromatic nitrogens is 3. The van der Waals surface area contributed by atoms with Crippen molar-refractivity contribution < 1.29 is 92.5 Å². The third-order valence-corrected chi connectivity index (χ3v) is 4.42. The van der Waals surface area contributed by atoms with E-state index >= 15 is 0 Å². The highest BCUT2D eigenvalue weighted by atomic mass is 19.4. The number of hydrogen-bond donors (Lipinski definition) is 0. The number of nitrogens with zero attached hydrogens (tertiary/aromatic N) is 3. The Kier molecular flexibility index (Phi) is 7.42. The Bertz CT molecular complexity index is 928. The van der Waals surface area contributed by atoms with E-state index in [9.17, 15) is 87.8 Å². The Balaban J connectivity index is 4.67. The van der Waals surface area contributed by atoms with Crippen molar-refractivity contribution >= 4 is 0 Å². The van der Waals surface area contributed by atoms with Gasteiger partial charge in [-0.15, -0.1) is 0 Å². The zero-order valence-corrected chi connectivity index (χ0v) is 16.3. The van der Waals surface area contributed by atoms with Gasteiger partial charge in [-0.25, -0.2) is 4.98 Å². The Morgan fingerprint density at radius 3 is 0.892 bits per heavy atom. The molecule has 0 spiro atoms. The fourth-order valence-corrected chi connectivity index (χ4v) is 2.77. The van der Waals surface area contributed by atoms with Crippen LogP contribution < -0.4 is 4.74 Å². The third kappa shape index (κ3) is 4.41. The van der Waals surface area contributed by atoms with Gasteiger partial charge in [0.15, 0.2) is 11.6 Å². The van der Waals surface area contributed by atoms with Gasteiger partial charge in [0.25, 0.3) is 5.41 Å². The van der Waals surface area contributed by atoms with Crippen LogP contribution in [-0.2, 0) is 10.8 Å². The molecule has 24 heteroatoms. The van der Waals surface area contributed by atoms with Crippen LogP contribution in [-0.4, -0.2) is 65.0 Å². The summed E-state index contributed by atoms with van der Waals surface area (Å²) in [5.74, 6) is -16.9. The van der Waals surface area contributed by atoms with E-state index in [2.05, 4.69) is 4.74 Å². The highest BCUT2D eigenvalue weighted by molar-refractivity contribution is 5.30. The maximum atomic E-state index is 13.9. The van der Waals surface area contributed by atoms with Crippen LogP contribution in [0.25, 0.3) is 0 Å². The van der Waals surface area contributed by atoms with Gasteiger partial charge in [-0.1, -0.05) is 0 Å². The van der Waals surface area contributed by atoms with Crippen LogP contribution in [0.4, 0.5) is 87.8 Å². The molecule has 1 rings (SSSR count). The number of rotatable bonds is 4. The number of hydrogen-bond acceptors (Lipinski definition) is 4. The summed E-state index contributed by atoms with van der Waals surface area (Å²) in [4.78, 5) is 4.37. The first-order valence-corrected chi connectivity index (χ1v) is 7.98. The van der Waals surface area contributed by atoms with E-state index < -0.39 is 71.5 Å². The maximum absolute atomic E-state index is 13.9. The van der Waals surface area contributed by atoms with Gasteiger partial charge < -0.3 is 4.74 Å². The van der Waals surface area contributed by atoms with Gasteiger partial charge >= 0.3 is 54.4 Å². The summed E-state index contributed by atoms with van der Waals surface area (Å²) in [5.41, 5.74) is -15.6. The molecule has 0 bridgehead atoms. The predicted molar refractivity (Wildman–Crippen MR) is 71.0 cm³/mol. The summed E-state index contributed by atoms with van der Waals surface area (Å²) < 4.78 is 270. The molecule has 0 amide bonds. The molecule has 0 radical (unpaired) electrons. The normalized spacial score (nSPS) is 15.7. The lowest BCUT2D eigenvalue weighted by Crippen LogP contribution is -2.70. The zero-order chi connectivity index (χ0) is 30.1. The second-order valence-corrected chi connectivity index (χ2v) is 6.53. The minimum absolute atomic E-state index is 0.135. The Hall–Kier alpha value is -2.59. The fourth-order valence-electron chi connectivity index (χ4n) is 2.77. The van der Waals surface area contributed by atoms with Gasteiger partial charge in [0, 0.05) is 0 Å². The maximum Gasteiger partial charge on any atom is 0.455 e. The van der Waals surface area contributed by atoms with Crippen LogP contribution >= 0.6 is 0 Å². The van der Waals surface area contributed by atoms with Crippen molar-refractivity contribution in [2.24, 2.45) is 0 Å². The molecule has 1 heterocycles. The van der Waals surface area contributed by atoms with Gasteiger partial charge in [0.2, 0.25) is 0 Å². The van der Waals surface area contributed by atoms with Crippen molar-refractivity contribution in [3.05, 3.63) is 11.6 Å². The summed E-state index contributed by atoms with van der Waals surface area (Å²) >= 11 is 0. The van der Waals surface area contributed by atoms with E-state index in [1.807, 2.05) is 0 Å². The number of methoxy groups -OCH3 is 1. The molecule has 0 saturated heterocycles. The van der Waals surface area contributed by atoms with Crippen molar-refractivity contribution in [1.29, 1.82) is 0 Å². The van der Waals surface area contributed by atoms with E-state index in [-0.39, 0.29) is 7.11 Å². The first-order valence-electron chi connectivity index (χ1n) is 7.98. The summed E-state index contributed by atoms with van der Waals surface area (Å²) in [6.07, 6.45) is -47.8. The monoisotopic (exact) mass is 597 g/mol. The zero-order valence-electron chi connectivity index (χ0n) is 16.3. The first-order chi connectivity index (χ1) is 15.9. The molecular formula is C13H3F20N3O. The van der Waals surface area contributed by atoms with Crippen LogP contribution in [0, 0.1) is 0 Å². The molecule has 37 heavy (non-hydrogen) atoms. The van der Waals surface area contributed by atoms with E-state index in [4.69, 9.17) is 0 Å². The predicted octanol–water partition coefficient (Wildman–Crippen LogP) is 6.36. The fraction of sp³-hybridized carbons (Fsp3) is 0.769. The minimum atomic E-state index is -8.28. The van der Waals surface area contributed by atoms with E-state index in [1.165, 1.54) is 0 Å². The molecule has 0 atom stereocenters. The van der Waals surface area contributed by atoms with Gasteiger partial charge in [0.05, 0.1) is 7.11 Å². The van der Waals surface area contributed by atoms with Gasteiger partial charge in [-0.2, -0.15) is 97.8 Å². The Labute approximate surface area is 187 Å². The van der Waals surface area contributed by atoms with Crippen molar-refractivity contribution in [1.82, 2.24) is 15.0 Å². The molecular weight excluding hydrogens is 594 g/mol. The molecule has 1 aromatic rings. The van der Waals surface area contributed by atoms with Crippen molar-refractivity contribution in [3.63, 3.8) is 0 Å². The van der Waals surface area contributed by atoms with E-state index in [0.29, 0.717) is 0 Å². The molecule has 0 aliphatic rings. The highest BCUT2D eigenvalue weighted by Gasteiger charge is 2.92. The molecule has 0 saturated carbocycles. The van der Waals surface area contributed by atoms with Crippen LogP contribution in [0.3, 0.4) is 0 Å². The molecule has 0 aliphatic heterocycles. The van der Waals surface area contributed by atoms with E-state index in [0.717, 1.165) is 4.98 Å². The second kappa shape index (κ2) is 8.46. The Morgan fingerprint density at radius 1 is 0.405 bits per heavy atom. The minimum Gasteiger partial charge on any atom is -0.467 e. The summed E-state index contributed by atoms with van der Waals surface area (Å²) in [6.45, 7) is 0. The summed E-state index contributed by atoms with van der Waals surface area (Å²) in [5, 5.41) is 0. The van der Waals surface area contributed by atoms with Crippen molar-refractivity contribution in [2.45, 2.75) is 53.8 Å². The number of alkyl halides is 20. The molecule has 4 nitrogen and oxygen atoms in total. The van der Waals surface area contributed by atoms with Crippen molar-refractivity contribution in [2.75, 3.05) is 7.11 Å². The lowest BCUT2D eigenvalue weighted by molar-refractivity contribution is -0.416. The van der Waals surface area contributed by atoms with Crippen LogP contribution in [0.5, 0.6) is 6.01 Å². The van der Waals surface area contributed by atoms with Gasteiger partial charge in [0.1, 0.15) is 0 Å². The molecule has 0 N–H and O–H groups in total. The average molecular weight is 597 g/mol. The van der Waals surface area contributed by atoms with Crippen molar-refractivity contribution in [3.8, 4) is 6.01 Å². The molecule has 216 valence electrons. The van der Waals surface area contributed by atoms with Crippen LogP contribution in [0.1, 0.15) is 11.6 Å². The third-order valence-electron chi connectivity index (χ3n) is 4.42. The smallest absolute Gasteiger partial charge is 0.455 e. The molecule has 1 aromatic heterocycles. The lowest BCUT2D eigenvalue weighted by Gasteiger charge is -2.42. The lowest BCUT2D eigenvalue weighted by atomic mass is 9.77. The molecule has 0 aromatic carbocycles. The van der Waals surface area contributed by atoms with Gasteiger partial charge in [-0.05, 0) is 0 Å². The first kappa shape index (κ1) is 32.4. The van der Waals surface area contributed by atoms with E-state index in [1.54, 1.807) is 9.97 Å². The second-order valence-electron chi connectivity index (χ2n) is 6.53. The quantitative estimate of drug-likeness (QED) is 0.379. The molecule has 0 fully saturated rings. The SMILES string of the molecule is COc1nc(C(C(F)(F)F)(C(F)(F)F)C(F)(F)F)nc(C(C(F)(F)F)(C(F)(F)F)C(F)(F)C(F)(F)F)n1. The largest absolute Gasteiger partial charge is 0.467 e. The molecule has 0 aliphatic carbocycles. The number of halogens is 20. The topological polar surface area (TPSA) is 47.9 Å². The summed E-state index contributed by atoms with van der Waals surface area (Å²) in [6, 6.07) is -2.79. The van der Waals surface area contributed by atoms with Crippen LogP contribution in [0.2, 0.25) is 0 Å². The standard InChI is InChI=1S/C13H3F20N3O/c1-37-4-35-2(5(8(16,17)18,9(19,20)21)7(14,15)13(31,32)33)34-3(36-4)6(10(22,23)24,11(25,26)27)12(28,29)30/h1H3. The molecule has 0 unspecified atom stereocenters. The highest BCUT2D eigenvalue weighted by Crippen LogP contribution is 2.64. The summed E-state index contributed by atoms with van der Waals surface area (Å²) in [7, 11) is -0.135. The van der Waals surface area contributed by atoms with Crippen LogP contribution in [0.15, 0.2) is 0 Å².